The van der Waals surface area contributed by atoms with Crippen LogP contribution in [0.3, 0.4) is 0 Å². The summed E-state index contributed by atoms with van der Waals surface area (Å²) < 4.78 is 12.4. The lowest BCUT2D eigenvalue weighted by molar-refractivity contribution is -0.108. The van der Waals surface area contributed by atoms with E-state index in [4.69, 9.17) is 21.1 Å². The topological polar surface area (TPSA) is 141 Å². The molecule has 0 atom stereocenters. The normalized spacial score (nSPS) is 11.4. The zero-order valence-corrected chi connectivity index (χ0v) is 24.2. The predicted octanol–water partition coefficient (Wildman–Crippen LogP) is 5.40. The van der Waals surface area contributed by atoms with Gasteiger partial charge in [-0.2, -0.15) is 5.21 Å². The Kier molecular flexibility index (Phi) is 9.01. The second-order valence-corrected chi connectivity index (χ2v) is 9.93. The SMILES string of the molecule is CCCCc1nc(Cl)c(C(=O)c2nc(C(OC)OC)ccc2O)n1Cc1ccc(-c2ccccc2)c(-c2nn[nH]n2)c1. The number of carbonyl (C=O) groups excluding carboxylic acids is 1. The van der Waals surface area contributed by atoms with E-state index in [0.717, 1.165) is 35.1 Å². The number of ketones is 1. The second-order valence-electron chi connectivity index (χ2n) is 9.57. The van der Waals surface area contributed by atoms with Crippen molar-refractivity contribution < 1.29 is 19.4 Å². The number of aryl methyl sites for hydroxylation is 1. The van der Waals surface area contributed by atoms with Crippen molar-refractivity contribution in [3.63, 3.8) is 0 Å². The van der Waals surface area contributed by atoms with Gasteiger partial charge in [0.1, 0.15) is 17.3 Å². The smallest absolute Gasteiger partial charge is 0.234 e. The molecule has 5 aromatic rings. The Morgan fingerprint density at radius 2 is 1.83 bits per heavy atom. The number of hydrogen-bond donors (Lipinski definition) is 2. The summed E-state index contributed by atoms with van der Waals surface area (Å²) in [5, 5.41) is 25.4. The molecule has 0 unspecified atom stereocenters. The number of nitrogens with one attached hydrogen (secondary N) is 1. The zero-order valence-electron chi connectivity index (χ0n) is 23.4. The lowest BCUT2D eigenvalue weighted by Gasteiger charge is -2.16. The van der Waals surface area contributed by atoms with Gasteiger partial charge in [0.05, 0.1) is 5.69 Å². The van der Waals surface area contributed by atoms with Gasteiger partial charge in [-0.15, -0.1) is 10.2 Å². The molecule has 42 heavy (non-hydrogen) atoms. The van der Waals surface area contributed by atoms with Crippen LogP contribution in [0.15, 0.2) is 60.7 Å². The van der Waals surface area contributed by atoms with E-state index in [1.165, 1.54) is 26.4 Å². The number of carbonyl (C=O) groups is 1. The summed E-state index contributed by atoms with van der Waals surface area (Å²) in [6, 6.07) is 18.8. The predicted molar refractivity (Wildman–Crippen MR) is 156 cm³/mol. The number of methoxy groups -OCH3 is 2. The Bertz CT molecular complexity index is 1670. The minimum atomic E-state index is -0.815. The summed E-state index contributed by atoms with van der Waals surface area (Å²) in [7, 11) is 2.92. The molecule has 11 nitrogen and oxygen atoms in total. The minimum Gasteiger partial charge on any atom is -0.506 e. The standard InChI is InChI=1S/C30H30ClN7O4/c1-4-5-11-24-33-28(31)26(27(40)25-23(39)15-14-22(32-25)30(41-2)42-3)38(24)17-18-12-13-20(19-9-7-6-8-10-19)21(16-18)29-34-36-37-35-29/h6-10,12-16,30,39H,4-5,11,17H2,1-3H3,(H,34,35,36,37). The molecule has 2 aromatic carbocycles. The Labute approximate surface area is 247 Å². The van der Waals surface area contributed by atoms with Crippen molar-refractivity contribution in [3.05, 3.63) is 94.3 Å². The van der Waals surface area contributed by atoms with Gasteiger partial charge in [-0.1, -0.05) is 67.4 Å². The molecule has 0 spiro atoms. The third-order valence-electron chi connectivity index (χ3n) is 6.85. The van der Waals surface area contributed by atoms with Crippen molar-refractivity contribution in [2.75, 3.05) is 14.2 Å². The maximum Gasteiger partial charge on any atom is 0.234 e. The van der Waals surface area contributed by atoms with Crippen LogP contribution in [-0.4, -0.2) is 60.3 Å². The number of ether oxygens (including phenoxy) is 2. The number of H-pyrrole nitrogens is 1. The van der Waals surface area contributed by atoms with Gasteiger partial charge in [-0.05, 0) is 46.5 Å². The van der Waals surface area contributed by atoms with Crippen molar-refractivity contribution in [2.24, 2.45) is 0 Å². The molecule has 216 valence electrons. The van der Waals surface area contributed by atoms with Gasteiger partial charge in [0.25, 0.3) is 0 Å². The maximum absolute atomic E-state index is 13.9. The Morgan fingerprint density at radius 3 is 2.52 bits per heavy atom. The Balaban J connectivity index is 1.60. The van der Waals surface area contributed by atoms with Crippen molar-refractivity contribution in [3.8, 4) is 28.3 Å². The number of tetrazole rings is 1. The van der Waals surface area contributed by atoms with Crippen LogP contribution in [0.4, 0.5) is 0 Å². The first kappa shape index (κ1) is 29.1. The van der Waals surface area contributed by atoms with Crippen LogP contribution < -0.4 is 0 Å². The number of aromatic amines is 1. The highest BCUT2D eigenvalue weighted by Gasteiger charge is 2.28. The number of rotatable bonds is 12. The fourth-order valence-corrected chi connectivity index (χ4v) is 5.08. The van der Waals surface area contributed by atoms with Gasteiger partial charge in [0.15, 0.2) is 10.8 Å². The summed E-state index contributed by atoms with van der Waals surface area (Å²) in [5.41, 5.74) is 3.85. The van der Waals surface area contributed by atoms with Crippen LogP contribution in [0.1, 0.15) is 59.3 Å². The van der Waals surface area contributed by atoms with Crippen LogP contribution in [0.5, 0.6) is 5.75 Å². The monoisotopic (exact) mass is 587 g/mol. The minimum absolute atomic E-state index is 0.0343. The number of aromatic nitrogens is 7. The van der Waals surface area contributed by atoms with Crippen molar-refractivity contribution >= 4 is 17.4 Å². The highest BCUT2D eigenvalue weighted by atomic mass is 35.5. The fourth-order valence-electron chi connectivity index (χ4n) is 4.80. The maximum atomic E-state index is 13.9. The van der Waals surface area contributed by atoms with Crippen LogP contribution in [0.25, 0.3) is 22.5 Å². The highest BCUT2D eigenvalue weighted by molar-refractivity contribution is 6.33. The van der Waals surface area contributed by atoms with Gasteiger partial charge in [-0.25, -0.2) is 9.97 Å². The van der Waals surface area contributed by atoms with Crippen LogP contribution in [0, 0.1) is 0 Å². The summed E-state index contributed by atoms with van der Waals surface area (Å²) >= 11 is 6.62. The van der Waals surface area contributed by atoms with Crippen LogP contribution >= 0.6 is 11.6 Å². The molecule has 0 bridgehead atoms. The third kappa shape index (κ3) is 5.94. The van der Waals surface area contributed by atoms with Gasteiger partial charge < -0.3 is 19.1 Å². The van der Waals surface area contributed by atoms with E-state index in [9.17, 15) is 9.90 Å². The molecule has 3 heterocycles. The van der Waals surface area contributed by atoms with E-state index in [1.807, 2.05) is 48.5 Å². The van der Waals surface area contributed by atoms with Gasteiger partial charge in [-0.3, -0.25) is 4.79 Å². The van der Waals surface area contributed by atoms with Crippen LogP contribution in [-0.2, 0) is 22.4 Å². The molecule has 0 aliphatic carbocycles. The average molecular weight is 588 g/mol. The van der Waals surface area contributed by atoms with Crippen LogP contribution in [0.2, 0.25) is 5.15 Å². The first-order chi connectivity index (χ1) is 20.4. The van der Waals surface area contributed by atoms with E-state index < -0.39 is 12.1 Å². The molecule has 0 aliphatic heterocycles. The Hall–Kier alpha value is -4.45. The molecule has 0 saturated heterocycles. The third-order valence-corrected chi connectivity index (χ3v) is 7.11. The molecule has 0 fully saturated rings. The number of pyridine rings is 1. The number of halogens is 1. The van der Waals surface area contributed by atoms with Crippen molar-refractivity contribution in [1.29, 1.82) is 0 Å². The Morgan fingerprint density at radius 1 is 1.05 bits per heavy atom. The summed E-state index contributed by atoms with van der Waals surface area (Å²) in [6.45, 7) is 2.36. The molecule has 3 aromatic heterocycles. The molecular weight excluding hydrogens is 558 g/mol. The van der Waals surface area contributed by atoms with E-state index in [2.05, 4.69) is 37.5 Å². The van der Waals surface area contributed by atoms with E-state index >= 15 is 0 Å². The molecule has 2 N–H and O–H groups in total. The first-order valence-electron chi connectivity index (χ1n) is 13.4. The second kappa shape index (κ2) is 13.0. The lowest BCUT2D eigenvalue weighted by atomic mass is 9.97. The molecule has 0 amide bonds. The average Bonchev–Trinajstić information content (AvgIpc) is 3.66. The largest absolute Gasteiger partial charge is 0.506 e. The van der Waals surface area contributed by atoms with E-state index in [-0.39, 0.29) is 28.8 Å². The summed E-state index contributed by atoms with van der Waals surface area (Å²) in [4.78, 5) is 22.9. The van der Waals surface area contributed by atoms with Crippen molar-refractivity contribution in [1.82, 2.24) is 35.2 Å². The van der Waals surface area contributed by atoms with E-state index in [0.29, 0.717) is 23.8 Å². The van der Waals surface area contributed by atoms with Crippen molar-refractivity contribution in [2.45, 2.75) is 39.0 Å². The lowest BCUT2D eigenvalue weighted by Crippen LogP contribution is -2.17. The molecule has 0 saturated carbocycles. The molecule has 0 aliphatic rings. The number of hydrogen-bond acceptors (Lipinski definition) is 9. The quantitative estimate of drug-likeness (QED) is 0.145. The number of unbranched alkanes of at least 4 members (excludes halogenated alkanes) is 1. The molecular formula is C30H30ClN7O4. The summed E-state index contributed by atoms with van der Waals surface area (Å²) in [6.07, 6.45) is 1.58. The van der Waals surface area contributed by atoms with Gasteiger partial charge in [0.2, 0.25) is 17.9 Å². The highest BCUT2D eigenvalue weighted by Crippen LogP contribution is 2.32. The first-order valence-corrected chi connectivity index (χ1v) is 13.8. The van der Waals surface area contributed by atoms with Gasteiger partial charge in [0, 0.05) is 32.7 Å². The number of nitrogens with zero attached hydrogens (tertiary/aromatic N) is 6. The molecule has 0 radical (unpaired) electrons. The number of benzene rings is 2. The number of aromatic hydroxyl groups is 1. The molecule has 5 rings (SSSR count). The fraction of sp³-hybridized carbons (Fsp3) is 0.267. The van der Waals surface area contributed by atoms with E-state index in [1.54, 1.807) is 4.57 Å². The van der Waals surface area contributed by atoms with Gasteiger partial charge >= 0.3 is 0 Å². The summed E-state index contributed by atoms with van der Waals surface area (Å²) in [5.74, 6) is 0.236. The zero-order chi connectivity index (χ0) is 29.6. The number of imidazole rings is 1. The molecule has 12 heteroatoms.